The van der Waals surface area contributed by atoms with Crippen molar-refractivity contribution in [3.63, 3.8) is 0 Å². The lowest BCUT2D eigenvalue weighted by atomic mass is 9.94. The molecule has 2 aromatic carbocycles. The highest BCUT2D eigenvalue weighted by Gasteiger charge is 2.34. The minimum atomic E-state index is -3.63. The second kappa shape index (κ2) is 7.80. The molecule has 1 aromatic heterocycles. The summed E-state index contributed by atoms with van der Waals surface area (Å²) in [5.74, 6) is 1.49. The number of fused-ring (bicyclic) bond motifs is 1. The molecule has 8 nitrogen and oxygen atoms in total. The Bertz CT molecular complexity index is 1470. The van der Waals surface area contributed by atoms with E-state index in [2.05, 4.69) is 15.8 Å². The number of pyridine rings is 1. The molecule has 9 heteroatoms. The third kappa shape index (κ3) is 3.95. The topological polar surface area (TPSA) is 119 Å². The van der Waals surface area contributed by atoms with E-state index in [1.807, 2.05) is 12.1 Å². The van der Waals surface area contributed by atoms with Crippen molar-refractivity contribution >= 4 is 21.6 Å². The summed E-state index contributed by atoms with van der Waals surface area (Å²) in [4.78, 5) is 3.94. The highest BCUT2D eigenvalue weighted by atomic mass is 32.2. The van der Waals surface area contributed by atoms with Gasteiger partial charge in [0.05, 0.1) is 23.0 Å². The predicted octanol–water partition coefficient (Wildman–Crippen LogP) is 4.34. The van der Waals surface area contributed by atoms with Crippen LogP contribution in [0.15, 0.2) is 48.7 Å². The maximum atomic E-state index is 12.5. The van der Waals surface area contributed by atoms with Crippen LogP contribution in [0.2, 0.25) is 0 Å². The zero-order valence-corrected chi connectivity index (χ0v) is 18.6. The van der Waals surface area contributed by atoms with Crippen molar-refractivity contribution in [2.75, 3.05) is 16.1 Å². The Morgan fingerprint density at radius 3 is 2.64 bits per heavy atom. The van der Waals surface area contributed by atoms with Crippen LogP contribution in [0.3, 0.4) is 0 Å². The number of hydrogen-bond acceptors (Lipinski definition) is 6. The van der Waals surface area contributed by atoms with Gasteiger partial charge in [0.1, 0.15) is 23.3 Å². The van der Waals surface area contributed by atoms with Gasteiger partial charge in [-0.3, -0.25) is 9.03 Å². The smallest absolute Gasteiger partial charge is 0.323 e. The summed E-state index contributed by atoms with van der Waals surface area (Å²) >= 11 is 0. The second-order valence-corrected chi connectivity index (χ2v) is 9.86. The predicted molar refractivity (Wildman–Crippen MR) is 123 cm³/mol. The zero-order valence-electron chi connectivity index (χ0n) is 17.7. The van der Waals surface area contributed by atoms with Gasteiger partial charge in [0.15, 0.2) is 0 Å². The van der Waals surface area contributed by atoms with E-state index in [0.29, 0.717) is 39.9 Å². The summed E-state index contributed by atoms with van der Waals surface area (Å²) in [5.41, 5.74) is 4.16. The number of benzene rings is 2. The van der Waals surface area contributed by atoms with Crippen LogP contribution in [0, 0.1) is 28.6 Å². The van der Waals surface area contributed by atoms with Gasteiger partial charge in [-0.1, -0.05) is 0 Å². The second-order valence-electron chi connectivity index (χ2n) is 8.16. The summed E-state index contributed by atoms with van der Waals surface area (Å²) < 4.78 is 34.7. The Hall–Kier alpha value is -4.08. The molecule has 3 aromatic rings. The van der Waals surface area contributed by atoms with Gasteiger partial charge >= 0.3 is 10.2 Å². The molecule has 2 heterocycles. The number of aromatic nitrogens is 1. The first-order chi connectivity index (χ1) is 15.9. The molecule has 0 amide bonds. The first kappa shape index (κ1) is 20.8. The summed E-state index contributed by atoms with van der Waals surface area (Å²) in [6.45, 7) is 0. The molecule has 0 saturated heterocycles. The summed E-state index contributed by atoms with van der Waals surface area (Å²) in [6.07, 6.45) is 4.53. The molecule has 1 saturated carbocycles. The average molecular weight is 458 g/mol. The fraction of sp³-hybridized carbons (Fsp3) is 0.208. The quantitative estimate of drug-likeness (QED) is 0.609. The Labute approximate surface area is 191 Å². The number of ether oxygens (including phenoxy) is 1. The van der Waals surface area contributed by atoms with Gasteiger partial charge < -0.3 is 4.74 Å². The highest BCUT2D eigenvalue weighted by molar-refractivity contribution is 7.94. The van der Waals surface area contributed by atoms with Crippen LogP contribution < -0.4 is 13.8 Å². The lowest BCUT2D eigenvalue weighted by Crippen LogP contribution is -2.25. The monoisotopic (exact) mass is 457 g/mol. The van der Waals surface area contributed by atoms with E-state index in [1.165, 1.54) is 23.6 Å². The van der Waals surface area contributed by atoms with Crippen molar-refractivity contribution in [1.82, 2.24) is 4.98 Å². The van der Waals surface area contributed by atoms with Crippen LogP contribution in [0.4, 0.5) is 11.4 Å². The first-order valence-electron chi connectivity index (χ1n) is 10.4. The molecular weight excluding hydrogens is 438 g/mol. The minimum Gasteiger partial charge on any atom is -0.457 e. The number of nitrogens with zero attached hydrogens (tertiary/aromatic N) is 4. The number of anilines is 2. The van der Waals surface area contributed by atoms with Crippen LogP contribution in [0.1, 0.15) is 29.7 Å². The van der Waals surface area contributed by atoms with Crippen LogP contribution >= 0.6 is 0 Å². The van der Waals surface area contributed by atoms with Gasteiger partial charge in [0.2, 0.25) is 0 Å². The number of rotatable bonds is 5. The lowest BCUT2D eigenvalue weighted by Gasteiger charge is -2.15. The molecule has 164 valence electrons. The van der Waals surface area contributed by atoms with Gasteiger partial charge in [-0.2, -0.15) is 18.9 Å². The van der Waals surface area contributed by atoms with Crippen LogP contribution in [-0.2, 0) is 16.6 Å². The van der Waals surface area contributed by atoms with E-state index in [9.17, 15) is 13.7 Å². The fourth-order valence-electron chi connectivity index (χ4n) is 3.92. The fourth-order valence-corrected chi connectivity index (χ4v) is 4.96. The molecule has 33 heavy (non-hydrogen) atoms. The lowest BCUT2D eigenvalue weighted by molar-refractivity contribution is 0.482. The summed E-state index contributed by atoms with van der Waals surface area (Å²) in [6, 6.07) is 16.2. The summed E-state index contributed by atoms with van der Waals surface area (Å²) in [7, 11) is -2.12. The van der Waals surface area contributed by atoms with E-state index in [-0.39, 0.29) is 5.69 Å². The molecular formula is C24H19N5O3S. The van der Waals surface area contributed by atoms with Gasteiger partial charge in [0.25, 0.3) is 0 Å². The molecule has 0 spiro atoms. The molecule has 0 unspecified atom stereocenters. The van der Waals surface area contributed by atoms with Crippen molar-refractivity contribution < 1.29 is 13.2 Å². The van der Waals surface area contributed by atoms with E-state index in [4.69, 9.17) is 10.00 Å². The van der Waals surface area contributed by atoms with Crippen LogP contribution in [0.25, 0.3) is 11.1 Å². The number of nitrogens with one attached hydrogen (secondary N) is 1. The Morgan fingerprint density at radius 1 is 1.12 bits per heavy atom. The molecule has 5 rings (SSSR count). The first-order valence-corrected chi connectivity index (χ1v) is 11.8. The van der Waals surface area contributed by atoms with E-state index >= 15 is 0 Å². The van der Waals surface area contributed by atoms with Gasteiger partial charge in [-0.25, -0.2) is 4.98 Å². The Morgan fingerprint density at radius 2 is 1.91 bits per heavy atom. The third-order valence-corrected chi connectivity index (χ3v) is 7.22. The molecule has 1 aliphatic heterocycles. The molecule has 0 bridgehead atoms. The Kier molecular flexibility index (Phi) is 4.92. The van der Waals surface area contributed by atoms with Crippen LogP contribution in [-0.4, -0.2) is 20.4 Å². The Balaban J connectivity index is 1.60. The highest BCUT2D eigenvalue weighted by Crippen LogP contribution is 2.45. The van der Waals surface area contributed by atoms with E-state index < -0.39 is 10.2 Å². The van der Waals surface area contributed by atoms with Gasteiger partial charge in [-0.15, -0.1) is 0 Å². The molecule has 0 atom stereocenters. The largest absolute Gasteiger partial charge is 0.457 e. The molecule has 1 fully saturated rings. The maximum Gasteiger partial charge on any atom is 0.323 e. The molecule has 1 aliphatic carbocycles. The number of nitriles is 2. The average Bonchev–Trinajstić information content (AvgIpc) is 3.59. The molecule has 2 aliphatic rings. The van der Waals surface area contributed by atoms with Crippen molar-refractivity contribution in [1.29, 1.82) is 10.5 Å². The normalized spacial score (nSPS) is 15.8. The van der Waals surface area contributed by atoms with Crippen molar-refractivity contribution in [3.8, 4) is 34.8 Å². The standard InChI is InChI=1S/C24H19N5O3S/c1-29-23-10-17(9-18(8-15-2-3-15)24(23)28-33(29,30)31)22-12-20(5-4-16(22)13-25)32-21-6-7-27-19(11-21)14-26/h4-7,9-12,15,28H,2-3,8H2,1H3. The molecule has 0 radical (unpaired) electrons. The zero-order chi connectivity index (χ0) is 23.2. The number of hydrogen-bond donors (Lipinski definition) is 1. The third-order valence-electron chi connectivity index (χ3n) is 5.84. The van der Waals surface area contributed by atoms with Gasteiger partial charge in [-0.05, 0) is 72.7 Å². The van der Waals surface area contributed by atoms with Crippen molar-refractivity contribution in [3.05, 3.63) is 65.5 Å². The van der Waals surface area contributed by atoms with Crippen molar-refractivity contribution in [2.45, 2.75) is 19.3 Å². The van der Waals surface area contributed by atoms with Crippen molar-refractivity contribution in [2.24, 2.45) is 5.92 Å². The maximum absolute atomic E-state index is 12.5. The SMILES string of the molecule is CN1c2cc(-c3cc(Oc4ccnc(C#N)c4)ccc3C#N)cc(CC3CC3)c2NS1(=O)=O. The molecule has 1 N–H and O–H groups in total. The van der Waals surface area contributed by atoms with E-state index in [0.717, 1.165) is 30.4 Å². The minimum absolute atomic E-state index is 0.237. The van der Waals surface area contributed by atoms with Crippen LogP contribution in [0.5, 0.6) is 11.5 Å². The van der Waals surface area contributed by atoms with E-state index in [1.54, 1.807) is 30.3 Å². The summed E-state index contributed by atoms with van der Waals surface area (Å²) in [5, 5.41) is 18.8. The van der Waals surface area contributed by atoms with Gasteiger partial charge in [0, 0.05) is 24.9 Å².